The fraction of sp³-hybridized carbons (Fsp3) is 0.353. The number of carbonyl (C=O) groups is 3. The van der Waals surface area contributed by atoms with E-state index in [9.17, 15) is 14.4 Å². The van der Waals surface area contributed by atoms with Gasteiger partial charge in [0.15, 0.2) is 5.75 Å². The molecule has 26 heavy (non-hydrogen) atoms. The molecule has 1 fully saturated rings. The summed E-state index contributed by atoms with van der Waals surface area (Å²) in [4.78, 5) is 37.6. The molecule has 0 saturated carbocycles. The molecular weight excluding hydrogens is 401 g/mol. The standard InChI is InChI=1S/C17H17Cl2NO5S/c1-4-24-14-11(18)6-10(7-12(14)19)8-13-15(21)20(17(23)26-13)9(3)16(22)25-5-2/h6-9H,4-5H2,1-3H3/b13-8+/t9-/m0/s1. The summed E-state index contributed by atoms with van der Waals surface area (Å²) in [7, 11) is 0. The maximum atomic E-state index is 12.5. The van der Waals surface area contributed by atoms with Crippen molar-refractivity contribution in [3.8, 4) is 5.75 Å². The largest absolute Gasteiger partial charge is 0.491 e. The van der Waals surface area contributed by atoms with Gasteiger partial charge in [0.2, 0.25) is 0 Å². The first-order valence-electron chi connectivity index (χ1n) is 7.85. The Morgan fingerprint density at radius 1 is 1.23 bits per heavy atom. The summed E-state index contributed by atoms with van der Waals surface area (Å²) in [6.45, 7) is 5.47. The van der Waals surface area contributed by atoms with Crippen molar-refractivity contribution in [3.05, 3.63) is 32.6 Å². The molecule has 0 aliphatic carbocycles. The molecule has 140 valence electrons. The summed E-state index contributed by atoms with van der Waals surface area (Å²) < 4.78 is 10.2. The number of benzene rings is 1. The van der Waals surface area contributed by atoms with Crippen LogP contribution < -0.4 is 4.74 Å². The second-order valence-electron chi connectivity index (χ2n) is 5.23. The van der Waals surface area contributed by atoms with E-state index in [2.05, 4.69) is 0 Å². The minimum atomic E-state index is -0.999. The highest BCUT2D eigenvalue weighted by molar-refractivity contribution is 8.18. The van der Waals surface area contributed by atoms with Crippen LogP contribution in [0.3, 0.4) is 0 Å². The summed E-state index contributed by atoms with van der Waals surface area (Å²) in [6.07, 6.45) is 1.50. The SMILES string of the molecule is CCOC(=O)[C@H](C)N1C(=O)S/C(=C/c2cc(Cl)c(OCC)c(Cl)c2)C1=O. The van der Waals surface area contributed by atoms with Crippen LogP contribution in [0.2, 0.25) is 10.0 Å². The van der Waals surface area contributed by atoms with Gasteiger partial charge in [-0.3, -0.25) is 14.5 Å². The van der Waals surface area contributed by atoms with E-state index in [1.807, 2.05) is 0 Å². The van der Waals surface area contributed by atoms with Gasteiger partial charge < -0.3 is 9.47 Å². The minimum Gasteiger partial charge on any atom is -0.491 e. The molecule has 1 saturated heterocycles. The second-order valence-corrected chi connectivity index (χ2v) is 7.03. The van der Waals surface area contributed by atoms with Crippen molar-refractivity contribution in [3.63, 3.8) is 0 Å². The number of imide groups is 1. The summed E-state index contributed by atoms with van der Waals surface area (Å²) in [5, 5.41) is 0.0550. The van der Waals surface area contributed by atoms with E-state index in [1.165, 1.54) is 13.0 Å². The predicted octanol–water partition coefficient (Wildman–Crippen LogP) is 4.38. The Balaban J connectivity index is 2.29. The third-order valence-electron chi connectivity index (χ3n) is 3.45. The monoisotopic (exact) mass is 417 g/mol. The zero-order valence-electron chi connectivity index (χ0n) is 14.4. The Morgan fingerprint density at radius 3 is 2.38 bits per heavy atom. The van der Waals surface area contributed by atoms with Gasteiger partial charge >= 0.3 is 5.97 Å². The smallest absolute Gasteiger partial charge is 0.329 e. The molecule has 0 bridgehead atoms. The van der Waals surface area contributed by atoms with E-state index in [-0.39, 0.29) is 11.5 Å². The van der Waals surface area contributed by atoms with Crippen LogP contribution in [0.1, 0.15) is 26.3 Å². The van der Waals surface area contributed by atoms with E-state index < -0.39 is 23.2 Å². The fourth-order valence-electron chi connectivity index (χ4n) is 2.28. The Labute approximate surface area is 165 Å². The summed E-state index contributed by atoms with van der Waals surface area (Å²) in [5.74, 6) is -0.845. The molecule has 0 aromatic heterocycles. The number of halogens is 2. The van der Waals surface area contributed by atoms with E-state index in [0.29, 0.717) is 28.0 Å². The van der Waals surface area contributed by atoms with Crippen LogP contribution in [0.4, 0.5) is 4.79 Å². The maximum Gasteiger partial charge on any atom is 0.329 e. The molecular formula is C17H17Cl2NO5S. The summed E-state index contributed by atoms with van der Waals surface area (Å²) in [6, 6.07) is 2.17. The van der Waals surface area contributed by atoms with Crippen molar-refractivity contribution in [2.24, 2.45) is 0 Å². The maximum absolute atomic E-state index is 12.5. The highest BCUT2D eigenvalue weighted by Gasteiger charge is 2.41. The van der Waals surface area contributed by atoms with Crippen LogP contribution in [0, 0.1) is 0 Å². The zero-order chi connectivity index (χ0) is 19.4. The van der Waals surface area contributed by atoms with Crippen molar-refractivity contribution in [1.29, 1.82) is 0 Å². The lowest BCUT2D eigenvalue weighted by molar-refractivity contribution is -0.150. The fourth-order valence-corrected chi connectivity index (χ4v) is 3.80. The number of ether oxygens (including phenoxy) is 2. The number of hydrogen-bond acceptors (Lipinski definition) is 6. The van der Waals surface area contributed by atoms with Crippen LogP contribution in [0.5, 0.6) is 5.75 Å². The Kier molecular flexibility index (Phi) is 6.97. The normalized spacial score (nSPS) is 17.0. The molecule has 0 unspecified atom stereocenters. The third kappa shape index (κ3) is 4.34. The first-order valence-corrected chi connectivity index (χ1v) is 9.42. The summed E-state index contributed by atoms with van der Waals surface area (Å²) >= 11 is 13.0. The lowest BCUT2D eigenvalue weighted by Crippen LogP contribution is -2.42. The molecule has 9 heteroatoms. The molecule has 1 atom stereocenters. The molecule has 0 spiro atoms. The predicted molar refractivity (Wildman–Crippen MR) is 102 cm³/mol. The average Bonchev–Trinajstić information content (AvgIpc) is 2.84. The number of esters is 1. The molecule has 1 heterocycles. The number of amides is 2. The second kappa shape index (κ2) is 8.79. The number of thioether (sulfide) groups is 1. The number of carbonyl (C=O) groups excluding carboxylic acids is 3. The minimum absolute atomic E-state index is 0.165. The molecule has 2 rings (SSSR count). The highest BCUT2D eigenvalue weighted by Crippen LogP contribution is 2.38. The van der Waals surface area contributed by atoms with Crippen LogP contribution in [0.25, 0.3) is 6.08 Å². The van der Waals surface area contributed by atoms with Gasteiger partial charge in [-0.2, -0.15) is 0 Å². The molecule has 1 aromatic rings. The highest BCUT2D eigenvalue weighted by atomic mass is 35.5. The Morgan fingerprint density at radius 2 is 1.85 bits per heavy atom. The Bertz CT molecular complexity index is 757. The number of nitrogens with zero attached hydrogens (tertiary/aromatic N) is 1. The van der Waals surface area contributed by atoms with E-state index in [1.54, 1.807) is 26.0 Å². The average molecular weight is 418 g/mol. The van der Waals surface area contributed by atoms with E-state index in [4.69, 9.17) is 32.7 Å². The number of hydrogen-bond donors (Lipinski definition) is 0. The zero-order valence-corrected chi connectivity index (χ0v) is 16.7. The van der Waals surface area contributed by atoms with Crippen LogP contribution in [-0.4, -0.2) is 41.3 Å². The van der Waals surface area contributed by atoms with Crippen LogP contribution >= 0.6 is 35.0 Å². The first-order chi connectivity index (χ1) is 12.3. The molecule has 6 nitrogen and oxygen atoms in total. The lowest BCUT2D eigenvalue weighted by Gasteiger charge is -2.19. The van der Waals surface area contributed by atoms with Crippen molar-refractivity contribution < 1.29 is 23.9 Å². The van der Waals surface area contributed by atoms with Gasteiger partial charge in [0.1, 0.15) is 6.04 Å². The molecule has 0 N–H and O–H groups in total. The van der Waals surface area contributed by atoms with Gasteiger partial charge in [-0.15, -0.1) is 0 Å². The molecule has 2 amide bonds. The van der Waals surface area contributed by atoms with Crippen LogP contribution in [0.15, 0.2) is 17.0 Å². The Hall–Kier alpha value is -1.70. The van der Waals surface area contributed by atoms with Crippen molar-refractivity contribution in [1.82, 2.24) is 4.90 Å². The first kappa shape index (κ1) is 20.6. The quantitative estimate of drug-likeness (QED) is 0.504. The van der Waals surface area contributed by atoms with Gasteiger partial charge in [0, 0.05) is 0 Å². The van der Waals surface area contributed by atoms with Crippen molar-refractivity contribution in [2.75, 3.05) is 13.2 Å². The van der Waals surface area contributed by atoms with Crippen molar-refractivity contribution >= 4 is 58.2 Å². The topological polar surface area (TPSA) is 72.9 Å². The molecule has 0 radical (unpaired) electrons. The van der Waals surface area contributed by atoms with Crippen molar-refractivity contribution in [2.45, 2.75) is 26.8 Å². The van der Waals surface area contributed by atoms with Gasteiger partial charge in [-0.05, 0) is 56.3 Å². The summed E-state index contributed by atoms with van der Waals surface area (Å²) in [5.41, 5.74) is 0.540. The van der Waals surface area contributed by atoms with Gasteiger partial charge in [-0.1, -0.05) is 23.2 Å². The third-order valence-corrected chi connectivity index (χ3v) is 4.89. The molecule has 1 aliphatic rings. The lowest BCUT2D eigenvalue weighted by atomic mass is 10.2. The van der Waals surface area contributed by atoms with E-state index in [0.717, 1.165) is 16.7 Å². The van der Waals surface area contributed by atoms with Crippen LogP contribution in [-0.2, 0) is 14.3 Å². The van der Waals surface area contributed by atoms with Gasteiger partial charge in [0.05, 0.1) is 28.2 Å². The molecule has 1 aliphatic heterocycles. The van der Waals surface area contributed by atoms with Gasteiger partial charge in [0.25, 0.3) is 11.1 Å². The van der Waals surface area contributed by atoms with Gasteiger partial charge in [-0.25, -0.2) is 4.79 Å². The van der Waals surface area contributed by atoms with E-state index >= 15 is 0 Å². The molecule has 1 aromatic carbocycles. The number of rotatable bonds is 6.